The molecule has 4 nitrogen and oxygen atoms in total. The van der Waals surface area contributed by atoms with Crippen molar-refractivity contribution >= 4 is 10.0 Å². The fourth-order valence-electron chi connectivity index (χ4n) is 1.12. The molecule has 0 spiro atoms. The maximum absolute atomic E-state index is 10.9. The van der Waals surface area contributed by atoms with Gasteiger partial charge in [-0.2, -0.15) is 0 Å². The predicted molar refractivity (Wildman–Crippen MR) is 57.6 cm³/mol. The number of hydrogen-bond donors (Lipinski definition) is 2. The van der Waals surface area contributed by atoms with Crippen molar-refractivity contribution in [3.63, 3.8) is 0 Å². The van der Waals surface area contributed by atoms with Gasteiger partial charge in [0.2, 0.25) is 10.0 Å². The molecule has 0 fully saturated rings. The molecule has 0 aliphatic heterocycles. The second-order valence-corrected chi connectivity index (χ2v) is 4.60. The molecule has 5 heteroatoms. The van der Waals surface area contributed by atoms with Crippen molar-refractivity contribution in [2.24, 2.45) is 5.14 Å². The minimum Gasteiger partial charge on any atom is -0.319 e. The Morgan fingerprint density at radius 1 is 1.36 bits per heavy atom. The summed E-state index contributed by atoms with van der Waals surface area (Å²) in [7, 11) is -1.68. The summed E-state index contributed by atoms with van der Waals surface area (Å²) in [6, 6.07) is 6.61. The quantitative estimate of drug-likeness (QED) is 0.762. The van der Waals surface area contributed by atoms with Crippen LogP contribution >= 0.6 is 0 Å². The van der Waals surface area contributed by atoms with Crippen LogP contribution in [0.3, 0.4) is 0 Å². The molecule has 0 radical (unpaired) electrons. The number of nitrogens with one attached hydrogen (secondary N) is 1. The fourth-order valence-corrected chi connectivity index (χ4v) is 1.63. The molecule has 80 valence electrons. The molecule has 0 aliphatic rings. The zero-order valence-corrected chi connectivity index (χ0v) is 8.84. The van der Waals surface area contributed by atoms with Gasteiger partial charge >= 0.3 is 0 Å². The van der Waals surface area contributed by atoms with Crippen LogP contribution in [0.1, 0.15) is 6.99 Å². The molecular weight excluding hydrogens is 200 g/mol. The number of primary sulfonamides is 1. The van der Waals surface area contributed by atoms with Gasteiger partial charge in [0.1, 0.15) is 0 Å². The van der Waals surface area contributed by atoms with Crippen LogP contribution < -0.4 is 10.5 Å². The standard InChI is InChI=1S/C9H14N2O2S.H2/c1-11-7-6-8-2-4-9(5-3-8)14(10,12)13;/h2-5,11H,6-7H2,1H3,(H2,10,12,13);1H. The average Bonchev–Trinajstić information content (AvgIpc) is 2.14. The van der Waals surface area contributed by atoms with Gasteiger partial charge in [-0.25, -0.2) is 13.6 Å². The summed E-state index contributed by atoms with van der Waals surface area (Å²) in [4.78, 5) is 0.158. The first-order valence-corrected chi connectivity index (χ1v) is 5.85. The van der Waals surface area contributed by atoms with Crippen LogP contribution in [0.4, 0.5) is 0 Å². The van der Waals surface area contributed by atoms with Gasteiger partial charge in [0.15, 0.2) is 0 Å². The second kappa shape index (κ2) is 4.54. The predicted octanol–water partition coefficient (Wildman–Crippen LogP) is 0.342. The zero-order valence-electron chi connectivity index (χ0n) is 8.03. The smallest absolute Gasteiger partial charge is 0.238 e. The summed E-state index contributed by atoms with van der Waals surface area (Å²) in [5.74, 6) is 0. The van der Waals surface area contributed by atoms with Gasteiger partial charge < -0.3 is 5.32 Å². The van der Waals surface area contributed by atoms with Crippen molar-refractivity contribution in [1.82, 2.24) is 5.32 Å². The topological polar surface area (TPSA) is 72.2 Å². The molecule has 0 aliphatic carbocycles. The first-order valence-electron chi connectivity index (χ1n) is 4.30. The zero-order chi connectivity index (χ0) is 10.6. The minimum atomic E-state index is -3.56. The van der Waals surface area contributed by atoms with E-state index in [-0.39, 0.29) is 6.32 Å². The maximum atomic E-state index is 10.9. The van der Waals surface area contributed by atoms with Gasteiger partial charge in [-0.1, -0.05) is 12.1 Å². The second-order valence-electron chi connectivity index (χ2n) is 3.04. The van der Waals surface area contributed by atoms with Crippen molar-refractivity contribution in [2.75, 3.05) is 13.6 Å². The number of likely N-dealkylation sites (N-methyl/N-ethyl adjacent to an activating group) is 1. The third-order valence-corrected chi connectivity index (χ3v) is 2.84. The van der Waals surface area contributed by atoms with Gasteiger partial charge in [-0.05, 0) is 37.7 Å². The molecule has 0 bridgehead atoms. The summed E-state index contributed by atoms with van der Waals surface area (Å²) in [5.41, 5.74) is 1.09. The van der Waals surface area contributed by atoms with E-state index >= 15 is 0 Å². The van der Waals surface area contributed by atoms with Gasteiger partial charge in [-0.3, -0.25) is 0 Å². The molecule has 0 unspecified atom stereocenters. The first-order chi connectivity index (χ1) is 6.54. The lowest BCUT2D eigenvalue weighted by atomic mass is 10.1. The Labute approximate surface area is 85.7 Å². The molecule has 0 saturated heterocycles. The van der Waals surface area contributed by atoms with Crippen LogP contribution in [0.15, 0.2) is 29.2 Å². The molecule has 1 rings (SSSR count). The largest absolute Gasteiger partial charge is 0.319 e. The van der Waals surface area contributed by atoms with Crippen LogP contribution in [-0.2, 0) is 16.4 Å². The number of hydrogen-bond acceptors (Lipinski definition) is 3. The lowest BCUT2D eigenvalue weighted by molar-refractivity contribution is 0.598. The van der Waals surface area contributed by atoms with E-state index < -0.39 is 10.0 Å². The summed E-state index contributed by atoms with van der Waals surface area (Å²) in [6.07, 6.45) is 0.876. The van der Waals surface area contributed by atoms with Crippen molar-refractivity contribution in [2.45, 2.75) is 11.3 Å². The maximum Gasteiger partial charge on any atom is 0.238 e. The normalized spacial score (nSPS) is 11.6. The van der Waals surface area contributed by atoms with Crippen LogP contribution in [0.2, 0.25) is 0 Å². The van der Waals surface area contributed by atoms with E-state index in [9.17, 15) is 8.42 Å². The summed E-state index contributed by atoms with van der Waals surface area (Å²) in [5, 5.41) is 7.98. The SMILES string of the molecule is CNCCc1ccc(S(N)(=O)=O)cc1.[HH]. The Balaban J connectivity index is 0.00000196. The van der Waals surface area contributed by atoms with Gasteiger partial charge in [0, 0.05) is 1.43 Å². The minimum absolute atomic E-state index is 0. The van der Waals surface area contributed by atoms with Crippen LogP contribution in [0.25, 0.3) is 0 Å². The Bertz CT molecular complexity index is 389. The van der Waals surface area contributed by atoms with E-state index in [1.54, 1.807) is 12.1 Å². The number of nitrogens with two attached hydrogens (primary N) is 1. The van der Waals surface area contributed by atoms with Crippen LogP contribution in [-0.4, -0.2) is 22.0 Å². The van der Waals surface area contributed by atoms with E-state index in [1.807, 2.05) is 7.05 Å². The van der Waals surface area contributed by atoms with Gasteiger partial charge in [0.05, 0.1) is 4.90 Å². The number of benzene rings is 1. The molecule has 0 atom stereocenters. The first kappa shape index (κ1) is 11.2. The van der Waals surface area contributed by atoms with E-state index in [4.69, 9.17) is 5.14 Å². The molecule has 1 aromatic carbocycles. The highest BCUT2D eigenvalue weighted by molar-refractivity contribution is 7.89. The molecule has 0 heterocycles. The third kappa shape index (κ3) is 3.10. The molecule has 0 aromatic heterocycles. The highest BCUT2D eigenvalue weighted by Gasteiger charge is 2.05. The Morgan fingerprint density at radius 2 is 1.93 bits per heavy atom. The summed E-state index contributed by atoms with van der Waals surface area (Å²) >= 11 is 0. The molecule has 1 aromatic rings. The van der Waals surface area contributed by atoms with E-state index in [0.29, 0.717) is 0 Å². The third-order valence-electron chi connectivity index (χ3n) is 1.92. The summed E-state index contributed by atoms with van der Waals surface area (Å²) in [6.45, 7) is 0.870. The number of sulfonamides is 1. The highest BCUT2D eigenvalue weighted by atomic mass is 32.2. The van der Waals surface area contributed by atoms with Crippen LogP contribution in [0.5, 0.6) is 0 Å². The molecule has 0 amide bonds. The van der Waals surface area contributed by atoms with E-state index in [0.717, 1.165) is 18.5 Å². The van der Waals surface area contributed by atoms with E-state index in [1.165, 1.54) is 12.1 Å². The molecule has 0 saturated carbocycles. The van der Waals surface area contributed by atoms with Crippen molar-refractivity contribution < 1.29 is 9.84 Å². The van der Waals surface area contributed by atoms with Crippen molar-refractivity contribution in [3.05, 3.63) is 29.8 Å². The summed E-state index contributed by atoms with van der Waals surface area (Å²) < 4.78 is 21.8. The Hall–Kier alpha value is -0.910. The molecule has 3 N–H and O–H groups in total. The fraction of sp³-hybridized carbons (Fsp3) is 0.333. The Morgan fingerprint density at radius 3 is 2.36 bits per heavy atom. The highest BCUT2D eigenvalue weighted by Crippen LogP contribution is 2.08. The average molecular weight is 216 g/mol. The van der Waals surface area contributed by atoms with Crippen molar-refractivity contribution in [3.8, 4) is 0 Å². The monoisotopic (exact) mass is 216 g/mol. The number of rotatable bonds is 4. The molecule has 14 heavy (non-hydrogen) atoms. The molecular formula is C9H16N2O2S. The van der Waals surface area contributed by atoms with E-state index in [2.05, 4.69) is 5.32 Å². The Kier molecular flexibility index (Phi) is 3.62. The van der Waals surface area contributed by atoms with Gasteiger partial charge in [-0.15, -0.1) is 0 Å². The lowest BCUT2D eigenvalue weighted by Crippen LogP contribution is -2.13. The lowest BCUT2D eigenvalue weighted by Gasteiger charge is -2.02. The van der Waals surface area contributed by atoms with Gasteiger partial charge in [0.25, 0.3) is 0 Å². The van der Waals surface area contributed by atoms with Crippen molar-refractivity contribution in [1.29, 1.82) is 0 Å². The van der Waals surface area contributed by atoms with Crippen LogP contribution in [0, 0.1) is 0 Å².